The van der Waals surface area contributed by atoms with Crippen molar-refractivity contribution >= 4 is 18.4 Å². The molecule has 0 spiro atoms. The van der Waals surface area contributed by atoms with E-state index in [2.05, 4.69) is 26.8 Å². The number of aliphatic imine (C=N–C) groups is 2. The second-order valence-electron chi connectivity index (χ2n) is 7.47. The summed E-state index contributed by atoms with van der Waals surface area (Å²) in [7, 11) is 1.64. The Morgan fingerprint density at radius 3 is 2.86 bits per heavy atom. The van der Waals surface area contributed by atoms with Crippen molar-refractivity contribution in [2.24, 2.45) is 15.7 Å². The molecule has 1 unspecified atom stereocenters. The van der Waals surface area contributed by atoms with Crippen LogP contribution in [0.5, 0.6) is 0 Å². The zero-order valence-electron chi connectivity index (χ0n) is 16.2. The maximum atomic E-state index is 10.9. The van der Waals surface area contributed by atoms with E-state index in [4.69, 9.17) is 10.3 Å². The molecule has 0 amide bonds. The average molecular weight is 390 g/mol. The molecule has 1 saturated carbocycles. The summed E-state index contributed by atoms with van der Waals surface area (Å²) in [5.41, 5.74) is 11.0. The van der Waals surface area contributed by atoms with E-state index in [1.807, 2.05) is 16.7 Å². The van der Waals surface area contributed by atoms with Gasteiger partial charge in [0.15, 0.2) is 0 Å². The first-order chi connectivity index (χ1) is 14.2. The first-order valence-electron chi connectivity index (χ1n) is 9.70. The van der Waals surface area contributed by atoms with Crippen LogP contribution in [-0.4, -0.2) is 39.4 Å². The molecule has 0 bridgehead atoms. The van der Waals surface area contributed by atoms with Gasteiger partial charge in [-0.25, -0.2) is 4.99 Å². The maximum absolute atomic E-state index is 10.9. The van der Waals surface area contributed by atoms with Crippen LogP contribution in [0.1, 0.15) is 53.9 Å². The largest absolute Gasteiger partial charge is 0.388 e. The Kier molecular flexibility index (Phi) is 4.09. The molecule has 5 rings (SSSR count). The summed E-state index contributed by atoms with van der Waals surface area (Å²) in [5, 5.41) is 15.3. The lowest BCUT2D eigenvalue weighted by molar-refractivity contribution is 0.166. The zero-order chi connectivity index (χ0) is 20.1. The lowest BCUT2D eigenvalue weighted by Crippen LogP contribution is -2.14. The van der Waals surface area contributed by atoms with Crippen molar-refractivity contribution in [2.75, 3.05) is 7.05 Å². The first kappa shape index (κ1) is 17.8. The van der Waals surface area contributed by atoms with Gasteiger partial charge < -0.3 is 15.4 Å². The molecule has 0 aromatic carbocycles. The quantitative estimate of drug-likeness (QED) is 0.525. The second kappa shape index (κ2) is 6.66. The van der Waals surface area contributed by atoms with E-state index in [1.54, 1.807) is 19.4 Å². The van der Waals surface area contributed by atoms with Crippen molar-refractivity contribution < 1.29 is 9.63 Å². The molecule has 29 heavy (non-hydrogen) atoms. The van der Waals surface area contributed by atoms with Crippen molar-refractivity contribution in [1.82, 2.24) is 14.7 Å². The molecular formula is C21H22N6O2. The van der Waals surface area contributed by atoms with Gasteiger partial charge >= 0.3 is 0 Å². The summed E-state index contributed by atoms with van der Waals surface area (Å²) in [6, 6.07) is 3.81. The topological polar surface area (TPSA) is 115 Å². The highest BCUT2D eigenvalue weighted by molar-refractivity contribution is 6.09. The minimum Gasteiger partial charge on any atom is -0.388 e. The molecule has 0 aliphatic heterocycles. The number of aromatic nitrogens is 3. The Hall–Kier alpha value is -3.26. The number of pyridine rings is 1. The molecule has 8 nitrogen and oxygen atoms in total. The van der Waals surface area contributed by atoms with Crippen LogP contribution < -0.4 is 5.73 Å². The highest BCUT2D eigenvalue weighted by Crippen LogP contribution is 2.50. The van der Waals surface area contributed by atoms with Crippen molar-refractivity contribution in [3.8, 4) is 16.9 Å². The molecule has 148 valence electrons. The van der Waals surface area contributed by atoms with Gasteiger partial charge in [0.25, 0.3) is 0 Å². The molecule has 3 aromatic heterocycles. The number of nitrogens with two attached hydrogens (primary N) is 1. The van der Waals surface area contributed by atoms with Crippen molar-refractivity contribution in [3.63, 3.8) is 0 Å². The van der Waals surface area contributed by atoms with Crippen molar-refractivity contribution in [1.29, 1.82) is 0 Å². The standard InChI is InChI=1S/C21H22N6O2/c1-23-20(22)17-15-13(27(21(17)24-2)12-4-3-9-25-10-12)7-8-14(28)16-18(15)26-29-19(16)11-5-6-11/h3-4,9-11,14,28H,2,5-8H2,1H3,(H2,22,23). The highest BCUT2D eigenvalue weighted by atomic mass is 16.5. The highest BCUT2D eigenvalue weighted by Gasteiger charge is 2.39. The summed E-state index contributed by atoms with van der Waals surface area (Å²) >= 11 is 0. The summed E-state index contributed by atoms with van der Waals surface area (Å²) < 4.78 is 7.70. The third-order valence-electron chi connectivity index (χ3n) is 5.72. The monoisotopic (exact) mass is 390 g/mol. The summed E-state index contributed by atoms with van der Waals surface area (Å²) in [5.74, 6) is 2.05. The summed E-state index contributed by atoms with van der Waals surface area (Å²) in [6.45, 7) is 3.78. The Labute approximate surface area is 167 Å². The molecule has 1 atom stereocenters. The zero-order valence-corrected chi connectivity index (χ0v) is 16.2. The van der Waals surface area contributed by atoms with Crippen molar-refractivity contribution in [3.05, 3.63) is 47.1 Å². The fourth-order valence-corrected chi connectivity index (χ4v) is 4.24. The lowest BCUT2D eigenvalue weighted by Gasteiger charge is -2.12. The third kappa shape index (κ3) is 2.63. The predicted octanol–water partition coefficient (Wildman–Crippen LogP) is 3.05. The smallest absolute Gasteiger partial charge is 0.148 e. The van der Waals surface area contributed by atoms with Gasteiger partial charge in [-0.3, -0.25) is 14.5 Å². The number of rotatable bonds is 4. The van der Waals surface area contributed by atoms with Crippen molar-refractivity contribution in [2.45, 2.75) is 37.7 Å². The van der Waals surface area contributed by atoms with E-state index in [-0.39, 0.29) is 0 Å². The van der Waals surface area contributed by atoms with Crippen LogP contribution in [0, 0.1) is 0 Å². The van der Waals surface area contributed by atoms with Gasteiger partial charge in [0.1, 0.15) is 23.1 Å². The summed E-state index contributed by atoms with van der Waals surface area (Å²) in [4.78, 5) is 12.8. The molecule has 3 heterocycles. The minimum atomic E-state index is -0.644. The molecular weight excluding hydrogens is 368 g/mol. The minimum absolute atomic E-state index is 0.334. The van der Waals surface area contributed by atoms with E-state index in [1.165, 1.54) is 0 Å². The van der Waals surface area contributed by atoms with Crippen LogP contribution >= 0.6 is 0 Å². The first-order valence-corrected chi connectivity index (χ1v) is 9.70. The number of hydrogen-bond donors (Lipinski definition) is 2. The molecule has 2 aliphatic carbocycles. The number of nitrogens with zero attached hydrogens (tertiary/aromatic N) is 5. The van der Waals surface area contributed by atoms with E-state index in [0.29, 0.717) is 41.7 Å². The van der Waals surface area contributed by atoms with Crippen LogP contribution in [-0.2, 0) is 6.42 Å². The second-order valence-corrected chi connectivity index (χ2v) is 7.47. The Morgan fingerprint density at radius 1 is 1.38 bits per heavy atom. The molecule has 0 saturated heterocycles. The lowest BCUT2D eigenvalue weighted by atomic mass is 9.99. The predicted molar refractivity (Wildman–Crippen MR) is 110 cm³/mol. The number of fused-ring (bicyclic) bond motifs is 3. The van der Waals surface area contributed by atoms with E-state index in [0.717, 1.165) is 41.1 Å². The van der Waals surface area contributed by atoms with Gasteiger partial charge in [0, 0.05) is 30.4 Å². The summed E-state index contributed by atoms with van der Waals surface area (Å²) in [6.07, 6.45) is 6.12. The number of hydrogen-bond acceptors (Lipinski definition) is 6. The number of amidine groups is 1. The molecule has 3 aromatic rings. The fourth-order valence-electron chi connectivity index (χ4n) is 4.24. The van der Waals surface area contributed by atoms with Gasteiger partial charge in [-0.2, -0.15) is 0 Å². The molecule has 1 fully saturated rings. The fraction of sp³-hybridized carbons (Fsp3) is 0.333. The van der Waals surface area contributed by atoms with Crippen LogP contribution in [0.15, 0.2) is 39.0 Å². The third-order valence-corrected chi connectivity index (χ3v) is 5.72. The SMILES string of the molecule is C=Nc1c(C(N)=NC)c2c(n1-c1cccnc1)CCC(O)c1c-2noc1C1CC1. The van der Waals surface area contributed by atoms with Gasteiger partial charge in [0.2, 0.25) is 0 Å². The number of aliphatic hydroxyl groups excluding tert-OH is 1. The molecule has 0 radical (unpaired) electrons. The Balaban J connectivity index is 1.87. The molecule has 2 aliphatic rings. The normalized spacial score (nSPS) is 18.8. The Morgan fingerprint density at radius 2 is 2.21 bits per heavy atom. The van der Waals surface area contributed by atoms with E-state index >= 15 is 0 Å². The van der Waals surface area contributed by atoms with Gasteiger partial charge in [-0.15, -0.1) is 0 Å². The van der Waals surface area contributed by atoms with Crippen LogP contribution in [0.3, 0.4) is 0 Å². The van der Waals surface area contributed by atoms with Crippen LogP contribution in [0.2, 0.25) is 0 Å². The van der Waals surface area contributed by atoms with Crippen LogP contribution in [0.4, 0.5) is 5.82 Å². The van der Waals surface area contributed by atoms with Gasteiger partial charge in [-0.05, 0) is 44.5 Å². The van der Waals surface area contributed by atoms with E-state index in [9.17, 15) is 5.11 Å². The number of aliphatic hydroxyl groups is 1. The van der Waals surface area contributed by atoms with Gasteiger partial charge in [0.05, 0.1) is 29.1 Å². The molecule has 8 heteroatoms. The maximum Gasteiger partial charge on any atom is 0.148 e. The van der Waals surface area contributed by atoms with E-state index < -0.39 is 6.10 Å². The average Bonchev–Trinajstić information content (AvgIpc) is 3.44. The molecule has 3 N–H and O–H groups in total. The van der Waals surface area contributed by atoms with Gasteiger partial charge in [-0.1, -0.05) is 5.16 Å². The Bertz CT molecular complexity index is 1120. The van der Waals surface area contributed by atoms with Crippen LogP contribution in [0.25, 0.3) is 16.9 Å².